The van der Waals surface area contributed by atoms with Crippen molar-refractivity contribution < 1.29 is 13.9 Å². The molecule has 0 heterocycles. The minimum atomic E-state index is -0.509. The molecular formula is C15H19FO2. The monoisotopic (exact) mass is 250 g/mol. The summed E-state index contributed by atoms with van der Waals surface area (Å²) in [4.78, 5) is 11.8. The molecule has 1 aromatic rings. The van der Waals surface area contributed by atoms with Crippen molar-refractivity contribution in [2.75, 3.05) is 7.11 Å². The first-order chi connectivity index (χ1) is 8.69. The molecule has 0 aliphatic carbocycles. The van der Waals surface area contributed by atoms with E-state index in [2.05, 4.69) is 6.58 Å². The maximum Gasteiger partial charge on any atom is 0.165 e. The Balaban J connectivity index is 2.48. The first-order valence-electron chi connectivity index (χ1n) is 6.16. The summed E-state index contributed by atoms with van der Waals surface area (Å²) < 4.78 is 18.5. The Labute approximate surface area is 107 Å². The van der Waals surface area contributed by atoms with Crippen LogP contribution in [-0.2, 0) is 0 Å². The SMILES string of the molecule is C=CCCCCCC(=O)c1ccc(OC)cc1F. The maximum atomic E-state index is 13.6. The van der Waals surface area contributed by atoms with E-state index < -0.39 is 5.82 Å². The summed E-state index contributed by atoms with van der Waals surface area (Å²) in [6.07, 6.45) is 6.01. The number of rotatable bonds is 8. The first kappa shape index (κ1) is 14.4. The average Bonchev–Trinajstić information content (AvgIpc) is 2.38. The van der Waals surface area contributed by atoms with Gasteiger partial charge in [0.25, 0.3) is 0 Å². The molecule has 0 N–H and O–H groups in total. The Bertz CT molecular complexity index is 413. The van der Waals surface area contributed by atoms with E-state index in [1.807, 2.05) is 6.08 Å². The standard InChI is InChI=1S/C15H19FO2/c1-3-4-5-6-7-8-15(17)13-10-9-12(18-2)11-14(13)16/h3,9-11H,1,4-8H2,2H3. The summed E-state index contributed by atoms with van der Waals surface area (Å²) in [5.74, 6) is -0.228. The van der Waals surface area contributed by atoms with E-state index in [1.165, 1.54) is 19.2 Å². The summed E-state index contributed by atoms with van der Waals surface area (Å²) >= 11 is 0. The Morgan fingerprint density at radius 2 is 2.17 bits per heavy atom. The van der Waals surface area contributed by atoms with Gasteiger partial charge in [-0.2, -0.15) is 0 Å². The molecule has 1 aromatic carbocycles. The second kappa shape index (κ2) is 7.64. The third kappa shape index (κ3) is 4.32. The van der Waals surface area contributed by atoms with Crippen molar-refractivity contribution in [1.29, 1.82) is 0 Å². The highest BCUT2D eigenvalue weighted by Crippen LogP contribution is 2.18. The summed E-state index contributed by atoms with van der Waals surface area (Å²) in [5, 5.41) is 0. The summed E-state index contributed by atoms with van der Waals surface area (Å²) in [7, 11) is 1.47. The summed E-state index contributed by atoms with van der Waals surface area (Å²) in [6, 6.07) is 4.33. The van der Waals surface area contributed by atoms with E-state index in [-0.39, 0.29) is 11.3 Å². The van der Waals surface area contributed by atoms with Crippen LogP contribution in [0.25, 0.3) is 0 Å². The van der Waals surface area contributed by atoms with Gasteiger partial charge in [0.1, 0.15) is 11.6 Å². The molecule has 3 heteroatoms. The van der Waals surface area contributed by atoms with E-state index in [0.717, 1.165) is 25.7 Å². The number of Topliss-reactive ketones (excluding diaryl/α,β-unsaturated/α-hetero) is 1. The Morgan fingerprint density at radius 1 is 1.39 bits per heavy atom. The van der Waals surface area contributed by atoms with E-state index in [9.17, 15) is 9.18 Å². The number of hydrogen-bond donors (Lipinski definition) is 0. The highest BCUT2D eigenvalue weighted by Gasteiger charge is 2.11. The van der Waals surface area contributed by atoms with Gasteiger partial charge in [-0.25, -0.2) is 4.39 Å². The normalized spacial score (nSPS) is 10.1. The van der Waals surface area contributed by atoms with Crippen LogP contribution >= 0.6 is 0 Å². The molecule has 0 atom stereocenters. The Morgan fingerprint density at radius 3 is 2.78 bits per heavy atom. The van der Waals surface area contributed by atoms with Crippen molar-refractivity contribution in [3.8, 4) is 5.75 Å². The molecule has 18 heavy (non-hydrogen) atoms. The fourth-order valence-electron chi connectivity index (χ4n) is 1.73. The van der Waals surface area contributed by atoms with E-state index >= 15 is 0 Å². The lowest BCUT2D eigenvalue weighted by molar-refractivity contribution is 0.0975. The fraction of sp³-hybridized carbons (Fsp3) is 0.400. The van der Waals surface area contributed by atoms with Gasteiger partial charge in [-0.05, 0) is 31.4 Å². The molecule has 0 amide bonds. The molecule has 0 saturated heterocycles. The van der Waals surface area contributed by atoms with Crippen LogP contribution in [0.15, 0.2) is 30.9 Å². The number of unbranched alkanes of at least 4 members (excludes halogenated alkanes) is 3. The van der Waals surface area contributed by atoms with Gasteiger partial charge >= 0.3 is 0 Å². The smallest absolute Gasteiger partial charge is 0.165 e. The van der Waals surface area contributed by atoms with Gasteiger partial charge in [0.2, 0.25) is 0 Å². The van der Waals surface area contributed by atoms with Crippen LogP contribution in [0.2, 0.25) is 0 Å². The summed E-state index contributed by atoms with van der Waals surface area (Å²) in [6.45, 7) is 3.64. The first-order valence-corrected chi connectivity index (χ1v) is 6.16. The number of ketones is 1. The number of ether oxygens (including phenoxy) is 1. The van der Waals surface area contributed by atoms with Crippen molar-refractivity contribution in [2.45, 2.75) is 32.1 Å². The molecule has 0 unspecified atom stereocenters. The number of carbonyl (C=O) groups is 1. The quantitative estimate of drug-likeness (QED) is 0.393. The zero-order valence-corrected chi connectivity index (χ0v) is 10.7. The van der Waals surface area contributed by atoms with Crippen molar-refractivity contribution in [3.05, 3.63) is 42.2 Å². The lowest BCUT2D eigenvalue weighted by Gasteiger charge is -2.05. The van der Waals surface area contributed by atoms with Crippen LogP contribution < -0.4 is 4.74 Å². The predicted molar refractivity (Wildman–Crippen MR) is 70.6 cm³/mol. The highest BCUT2D eigenvalue weighted by molar-refractivity contribution is 5.96. The predicted octanol–water partition coefficient (Wildman–Crippen LogP) is 4.15. The molecule has 0 aliphatic rings. The lowest BCUT2D eigenvalue weighted by Crippen LogP contribution is -2.02. The number of methoxy groups -OCH3 is 1. The third-order valence-corrected chi connectivity index (χ3v) is 2.79. The molecule has 98 valence electrons. The van der Waals surface area contributed by atoms with Crippen LogP contribution in [-0.4, -0.2) is 12.9 Å². The number of benzene rings is 1. The van der Waals surface area contributed by atoms with Crippen molar-refractivity contribution in [2.24, 2.45) is 0 Å². The number of halogens is 1. The largest absolute Gasteiger partial charge is 0.497 e. The van der Waals surface area contributed by atoms with Crippen molar-refractivity contribution in [1.82, 2.24) is 0 Å². The van der Waals surface area contributed by atoms with Crippen LogP contribution in [0, 0.1) is 5.82 Å². The molecule has 0 fully saturated rings. The topological polar surface area (TPSA) is 26.3 Å². The third-order valence-electron chi connectivity index (χ3n) is 2.79. The number of hydrogen-bond acceptors (Lipinski definition) is 2. The van der Waals surface area contributed by atoms with Gasteiger partial charge in [0, 0.05) is 12.5 Å². The van der Waals surface area contributed by atoms with E-state index in [4.69, 9.17) is 4.74 Å². The second-order valence-electron chi connectivity index (χ2n) is 4.16. The van der Waals surface area contributed by atoms with Gasteiger partial charge < -0.3 is 4.74 Å². The van der Waals surface area contributed by atoms with Crippen molar-refractivity contribution >= 4 is 5.78 Å². The van der Waals surface area contributed by atoms with Gasteiger partial charge in [0.05, 0.1) is 12.7 Å². The lowest BCUT2D eigenvalue weighted by atomic mass is 10.0. The summed E-state index contributed by atoms with van der Waals surface area (Å²) in [5.41, 5.74) is 0.152. The molecule has 0 aromatic heterocycles. The molecule has 0 aliphatic heterocycles. The van der Waals surface area contributed by atoms with Crippen LogP contribution in [0.5, 0.6) is 5.75 Å². The minimum Gasteiger partial charge on any atom is -0.497 e. The Hall–Kier alpha value is -1.64. The van der Waals surface area contributed by atoms with Crippen LogP contribution in [0.4, 0.5) is 4.39 Å². The van der Waals surface area contributed by atoms with E-state index in [0.29, 0.717) is 12.2 Å². The molecule has 0 saturated carbocycles. The number of carbonyl (C=O) groups excluding carboxylic acids is 1. The second-order valence-corrected chi connectivity index (χ2v) is 4.16. The maximum absolute atomic E-state index is 13.6. The highest BCUT2D eigenvalue weighted by atomic mass is 19.1. The zero-order valence-electron chi connectivity index (χ0n) is 10.7. The van der Waals surface area contributed by atoms with Gasteiger partial charge in [-0.1, -0.05) is 12.5 Å². The molecule has 0 radical (unpaired) electrons. The van der Waals surface area contributed by atoms with Gasteiger partial charge in [-0.3, -0.25) is 4.79 Å². The van der Waals surface area contributed by atoms with Gasteiger partial charge in [-0.15, -0.1) is 6.58 Å². The molecular weight excluding hydrogens is 231 g/mol. The fourth-order valence-corrected chi connectivity index (χ4v) is 1.73. The van der Waals surface area contributed by atoms with Crippen LogP contribution in [0.1, 0.15) is 42.5 Å². The minimum absolute atomic E-state index is 0.145. The molecule has 1 rings (SSSR count). The molecule has 0 bridgehead atoms. The molecule has 0 spiro atoms. The molecule has 2 nitrogen and oxygen atoms in total. The van der Waals surface area contributed by atoms with Gasteiger partial charge in [0.15, 0.2) is 5.78 Å². The van der Waals surface area contributed by atoms with E-state index in [1.54, 1.807) is 6.07 Å². The Kier molecular flexibility index (Phi) is 6.12. The zero-order chi connectivity index (χ0) is 13.4. The van der Waals surface area contributed by atoms with Crippen molar-refractivity contribution in [3.63, 3.8) is 0 Å². The number of allylic oxidation sites excluding steroid dienone is 1. The average molecular weight is 250 g/mol. The van der Waals surface area contributed by atoms with Crippen LogP contribution in [0.3, 0.4) is 0 Å².